The van der Waals surface area contributed by atoms with Crippen molar-refractivity contribution in [2.24, 2.45) is 5.41 Å². The summed E-state index contributed by atoms with van der Waals surface area (Å²) >= 11 is 1.73. The summed E-state index contributed by atoms with van der Waals surface area (Å²) < 4.78 is 0. The van der Waals surface area contributed by atoms with E-state index in [9.17, 15) is 14.7 Å². The lowest BCUT2D eigenvalue weighted by molar-refractivity contribution is -0.165. The van der Waals surface area contributed by atoms with Gasteiger partial charge >= 0.3 is 5.97 Å². The van der Waals surface area contributed by atoms with Crippen molar-refractivity contribution in [1.29, 1.82) is 0 Å². The molecule has 0 aromatic carbocycles. The van der Waals surface area contributed by atoms with Crippen LogP contribution in [0.5, 0.6) is 0 Å². The molecule has 0 unspecified atom stereocenters. The molecule has 0 aliphatic carbocycles. The predicted octanol–water partition coefficient (Wildman–Crippen LogP) is 2.47. The molecule has 1 N–H and O–H groups in total. The number of fused-ring (bicyclic) bond motifs is 1. The van der Waals surface area contributed by atoms with Crippen LogP contribution in [-0.2, 0) is 16.0 Å². The molecule has 0 saturated carbocycles. The van der Waals surface area contributed by atoms with Gasteiger partial charge in [0.05, 0.1) is 5.41 Å². The van der Waals surface area contributed by atoms with Crippen LogP contribution in [0.15, 0.2) is 17.5 Å². The Kier molecular flexibility index (Phi) is 5.25. The zero-order valence-corrected chi connectivity index (χ0v) is 15.1. The fraction of sp³-hybridized carbons (Fsp3) is 0.667. The first-order valence-electron chi connectivity index (χ1n) is 8.77. The predicted molar refractivity (Wildman–Crippen MR) is 94.2 cm³/mol. The van der Waals surface area contributed by atoms with Crippen LogP contribution in [0.2, 0.25) is 0 Å². The van der Waals surface area contributed by atoms with E-state index in [2.05, 4.69) is 16.3 Å². The molecule has 2 aliphatic rings. The maximum absolute atomic E-state index is 12.5. The Bertz CT molecular complexity index is 589. The van der Waals surface area contributed by atoms with Crippen molar-refractivity contribution in [2.75, 3.05) is 26.7 Å². The standard InChI is InChI=1S/C18H26N2O3S/c1-19-10-4-8-18(17(22)23)9-11-20(13-15(18)19)16(21)7-2-5-14-6-3-12-24-14/h3,6,12,15H,2,4-5,7-11,13H2,1H3,(H,22,23)/t15-,18+/m1/s1. The van der Waals surface area contributed by atoms with E-state index in [4.69, 9.17) is 0 Å². The number of nitrogens with zero attached hydrogens (tertiary/aromatic N) is 2. The number of carbonyl (C=O) groups is 2. The molecule has 2 saturated heterocycles. The Balaban J connectivity index is 1.58. The molecule has 0 spiro atoms. The maximum atomic E-state index is 12.5. The molecule has 1 aromatic heterocycles. The van der Waals surface area contributed by atoms with Crippen LogP contribution in [0.4, 0.5) is 0 Å². The van der Waals surface area contributed by atoms with Crippen molar-refractivity contribution < 1.29 is 14.7 Å². The second kappa shape index (κ2) is 7.23. The molecule has 0 bridgehead atoms. The normalized spacial score (nSPS) is 27.7. The Hall–Kier alpha value is -1.40. The highest BCUT2D eigenvalue weighted by molar-refractivity contribution is 7.09. The lowest BCUT2D eigenvalue weighted by Crippen LogP contribution is -2.63. The second-order valence-electron chi connectivity index (χ2n) is 7.08. The van der Waals surface area contributed by atoms with E-state index in [1.165, 1.54) is 4.88 Å². The van der Waals surface area contributed by atoms with Gasteiger partial charge in [-0.05, 0) is 57.1 Å². The van der Waals surface area contributed by atoms with E-state index >= 15 is 0 Å². The number of carbonyl (C=O) groups excluding carboxylic acids is 1. The minimum Gasteiger partial charge on any atom is -0.481 e. The van der Waals surface area contributed by atoms with Crippen LogP contribution >= 0.6 is 11.3 Å². The van der Waals surface area contributed by atoms with Gasteiger partial charge in [-0.1, -0.05) is 6.07 Å². The molecule has 3 heterocycles. The van der Waals surface area contributed by atoms with Gasteiger partial charge in [0.25, 0.3) is 0 Å². The molecule has 2 fully saturated rings. The third-order valence-corrected chi connectivity index (χ3v) is 6.63. The molecular weight excluding hydrogens is 324 g/mol. The number of likely N-dealkylation sites (tertiary alicyclic amines) is 2. The van der Waals surface area contributed by atoms with Crippen LogP contribution in [0, 0.1) is 5.41 Å². The minimum absolute atomic E-state index is 0.0567. The highest BCUT2D eigenvalue weighted by atomic mass is 32.1. The van der Waals surface area contributed by atoms with Gasteiger partial charge in [0.15, 0.2) is 0 Å². The average Bonchev–Trinajstić information content (AvgIpc) is 3.08. The molecule has 1 amide bonds. The molecule has 1 aromatic rings. The number of aliphatic carboxylic acids is 1. The van der Waals surface area contributed by atoms with Gasteiger partial charge in [-0.2, -0.15) is 0 Å². The first-order valence-corrected chi connectivity index (χ1v) is 9.65. The Labute approximate surface area is 147 Å². The third kappa shape index (κ3) is 3.35. The molecule has 132 valence electrons. The van der Waals surface area contributed by atoms with E-state index < -0.39 is 11.4 Å². The summed E-state index contributed by atoms with van der Waals surface area (Å²) in [5.74, 6) is -0.520. The number of piperidine rings is 2. The Morgan fingerprint density at radius 1 is 1.38 bits per heavy atom. The van der Waals surface area contributed by atoms with E-state index in [-0.39, 0.29) is 11.9 Å². The second-order valence-corrected chi connectivity index (χ2v) is 8.12. The summed E-state index contributed by atoms with van der Waals surface area (Å²) in [5.41, 5.74) is -0.666. The number of hydrogen-bond acceptors (Lipinski definition) is 4. The lowest BCUT2D eigenvalue weighted by atomic mass is 9.68. The monoisotopic (exact) mass is 350 g/mol. The van der Waals surface area contributed by atoms with E-state index in [0.29, 0.717) is 25.9 Å². The molecule has 2 aliphatic heterocycles. The fourth-order valence-electron chi connectivity index (χ4n) is 4.24. The SMILES string of the molecule is CN1CCC[C@]2(C(=O)O)CCN(C(=O)CCCc3cccs3)C[C@@H]12. The van der Waals surface area contributed by atoms with Crippen LogP contribution in [-0.4, -0.2) is 59.5 Å². The van der Waals surface area contributed by atoms with Crippen molar-refractivity contribution in [2.45, 2.75) is 44.6 Å². The summed E-state index contributed by atoms with van der Waals surface area (Å²) in [5, 5.41) is 11.8. The van der Waals surface area contributed by atoms with Crippen LogP contribution < -0.4 is 0 Å². The Morgan fingerprint density at radius 2 is 2.21 bits per heavy atom. The first-order chi connectivity index (χ1) is 11.5. The molecule has 2 atom stereocenters. The quantitative estimate of drug-likeness (QED) is 0.886. The third-order valence-electron chi connectivity index (χ3n) is 5.70. The number of carboxylic acids is 1. The van der Waals surface area contributed by atoms with Gasteiger partial charge in [-0.3, -0.25) is 9.59 Å². The number of aryl methyl sites for hydroxylation is 1. The highest BCUT2D eigenvalue weighted by Crippen LogP contribution is 2.42. The van der Waals surface area contributed by atoms with Gasteiger partial charge in [0.2, 0.25) is 5.91 Å². The number of likely N-dealkylation sites (N-methyl/N-ethyl adjacent to an activating group) is 1. The highest BCUT2D eigenvalue weighted by Gasteiger charge is 2.52. The molecule has 0 radical (unpaired) electrons. The van der Waals surface area contributed by atoms with Gasteiger partial charge in [0, 0.05) is 30.4 Å². The van der Waals surface area contributed by atoms with Gasteiger partial charge in [-0.15, -0.1) is 11.3 Å². The number of hydrogen-bond donors (Lipinski definition) is 1. The van der Waals surface area contributed by atoms with Crippen molar-refractivity contribution >= 4 is 23.2 Å². The fourth-order valence-corrected chi connectivity index (χ4v) is 4.99. The van der Waals surface area contributed by atoms with Crippen LogP contribution in [0.3, 0.4) is 0 Å². The summed E-state index contributed by atoms with van der Waals surface area (Å²) in [7, 11) is 1.99. The zero-order valence-electron chi connectivity index (χ0n) is 14.2. The van der Waals surface area contributed by atoms with Crippen LogP contribution in [0.25, 0.3) is 0 Å². The summed E-state index contributed by atoms with van der Waals surface area (Å²) in [6.45, 7) is 2.05. The number of rotatable bonds is 5. The molecule has 3 rings (SSSR count). The van der Waals surface area contributed by atoms with Gasteiger partial charge in [-0.25, -0.2) is 0 Å². The molecule has 24 heavy (non-hydrogen) atoms. The molecular formula is C18H26N2O3S. The summed E-state index contributed by atoms with van der Waals surface area (Å²) in [4.78, 5) is 29.8. The number of amides is 1. The zero-order chi connectivity index (χ0) is 17.2. The smallest absolute Gasteiger partial charge is 0.311 e. The van der Waals surface area contributed by atoms with E-state index in [1.807, 2.05) is 18.0 Å². The lowest BCUT2D eigenvalue weighted by Gasteiger charge is -2.51. The Morgan fingerprint density at radius 3 is 2.92 bits per heavy atom. The number of carboxylic acid groups (broad SMARTS) is 1. The van der Waals surface area contributed by atoms with Crippen LogP contribution in [0.1, 0.15) is 37.0 Å². The van der Waals surface area contributed by atoms with E-state index in [1.54, 1.807) is 11.3 Å². The van der Waals surface area contributed by atoms with Crippen molar-refractivity contribution in [1.82, 2.24) is 9.80 Å². The molecule has 6 heteroatoms. The first kappa shape index (κ1) is 17.4. The van der Waals surface area contributed by atoms with E-state index in [0.717, 1.165) is 32.2 Å². The number of thiophene rings is 1. The topological polar surface area (TPSA) is 60.9 Å². The minimum atomic E-state index is -0.691. The maximum Gasteiger partial charge on any atom is 0.311 e. The van der Waals surface area contributed by atoms with Crippen molar-refractivity contribution in [3.05, 3.63) is 22.4 Å². The van der Waals surface area contributed by atoms with Crippen molar-refractivity contribution in [3.63, 3.8) is 0 Å². The largest absolute Gasteiger partial charge is 0.481 e. The van der Waals surface area contributed by atoms with Crippen molar-refractivity contribution in [3.8, 4) is 0 Å². The van der Waals surface area contributed by atoms with Gasteiger partial charge < -0.3 is 14.9 Å². The summed E-state index contributed by atoms with van der Waals surface area (Å²) in [6.07, 6.45) is 4.59. The molecule has 5 nitrogen and oxygen atoms in total. The average molecular weight is 350 g/mol. The van der Waals surface area contributed by atoms with Gasteiger partial charge in [0.1, 0.15) is 0 Å². The summed E-state index contributed by atoms with van der Waals surface area (Å²) in [6, 6.07) is 4.09.